The number of thiophene rings is 2. The quantitative estimate of drug-likeness (QED) is 0.109. The predicted molar refractivity (Wildman–Crippen MR) is 152 cm³/mol. The zero-order valence-electron chi connectivity index (χ0n) is 22.3. The molecule has 0 atom stereocenters. The summed E-state index contributed by atoms with van der Waals surface area (Å²) in [5.41, 5.74) is -2.87. The molecule has 0 radical (unpaired) electrons. The van der Waals surface area contributed by atoms with E-state index in [2.05, 4.69) is 0 Å². The van der Waals surface area contributed by atoms with Gasteiger partial charge in [-0.1, -0.05) is 24.3 Å². The van der Waals surface area contributed by atoms with Crippen molar-refractivity contribution in [3.05, 3.63) is 123 Å². The second-order valence-corrected chi connectivity index (χ2v) is 12.7. The highest BCUT2D eigenvalue weighted by Crippen LogP contribution is 2.65. The molecule has 14 heteroatoms. The summed E-state index contributed by atoms with van der Waals surface area (Å²) in [5, 5.41) is 21.8. The molecule has 0 saturated heterocycles. The second kappa shape index (κ2) is 10.6. The van der Waals surface area contributed by atoms with Crippen LogP contribution in [0.2, 0.25) is 0 Å². The Kier molecular flexibility index (Phi) is 7.49. The molecule has 1 aliphatic carbocycles. The Balaban J connectivity index is 1.58. The van der Waals surface area contributed by atoms with Gasteiger partial charge in [0.05, 0.1) is 9.85 Å². The lowest BCUT2D eigenvalue weighted by Gasteiger charge is -2.25. The van der Waals surface area contributed by atoms with Crippen LogP contribution in [0, 0.1) is 34.1 Å². The van der Waals surface area contributed by atoms with Crippen LogP contribution in [0.15, 0.2) is 60.7 Å². The summed E-state index contributed by atoms with van der Waals surface area (Å²) >= 11 is 1.97. The summed E-state index contributed by atoms with van der Waals surface area (Å²) in [6.07, 6.45) is 0.225. The molecule has 4 aromatic rings. The molecule has 2 aromatic carbocycles. The van der Waals surface area contributed by atoms with Gasteiger partial charge >= 0.3 is 17.8 Å². The van der Waals surface area contributed by atoms with Gasteiger partial charge in [0.15, 0.2) is 0 Å². The van der Waals surface area contributed by atoms with Crippen molar-refractivity contribution in [1.82, 2.24) is 0 Å². The fraction of sp³-hybridized carbons (Fsp3) is 0.241. The molecule has 5 rings (SSSR count). The van der Waals surface area contributed by atoms with E-state index >= 15 is 17.6 Å². The van der Waals surface area contributed by atoms with E-state index in [1.165, 1.54) is 74.5 Å². The number of alkyl halides is 6. The molecular weight excluding hydrogens is 618 g/mol. The molecule has 0 fully saturated rings. The van der Waals surface area contributed by atoms with Crippen LogP contribution in [-0.4, -0.2) is 27.6 Å². The Labute approximate surface area is 248 Å². The molecular formula is C29H20F6N2O4S2. The van der Waals surface area contributed by atoms with Crippen LogP contribution in [0.1, 0.15) is 41.8 Å². The molecule has 0 amide bonds. The average molecular weight is 639 g/mol. The summed E-state index contributed by atoms with van der Waals surface area (Å²) in [4.78, 5) is 21.8. The Bertz CT molecular complexity index is 1650. The Hall–Kier alpha value is -4.04. The zero-order valence-corrected chi connectivity index (χ0v) is 23.9. The van der Waals surface area contributed by atoms with E-state index in [4.69, 9.17) is 0 Å². The lowest BCUT2D eigenvalue weighted by atomic mass is 9.94. The highest BCUT2D eigenvalue weighted by molar-refractivity contribution is 7.12. The molecule has 0 spiro atoms. The minimum atomic E-state index is -5.70. The van der Waals surface area contributed by atoms with Gasteiger partial charge in [0, 0.05) is 67.8 Å². The normalized spacial score (nSPS) is 16.9. The molecule has 0 N–H and O–H groups in total. The third kappa shape index (κ3) is 5.12. The van der Waals surface area contributed by atoms with Crippen LogP contribution in [-0.2, 0) is 12.8 Å². The van der Waals surface area contributed by atoms with E-state index in [1.54, 1.807) is 0 Å². The van der Waals surface area contributed by atoms with Crippen molar-refractivity contribution < 1.29 is 36.2 Å². The van der Waals surface area contributed by atoms with Gasteiger partial charge in [-0.3, -0.25) is 20.2 Å². The fourth-order valence-electron chi connectivity index (χ4n) is 5.06. The summed E-state index contributed by atoms with van der Waals surface area (Å²) in [6.45, 7) is 2.77. The third-order valence-corrected chi connectivity index (χ3v) is 9.29. The Morgan fingerprint density at radius 3 is 1.26 bits per heavy atom. The largest absolute Gasteiger partial charge is 0.380 e. The van der Waals surface area contributed by atoms with Gasteiger partial charge in [-0.15, -0.1) is 22.7 Å². The average Bonchev–Trinajstić information content (AvgIpc) is 3.50. The minimum Gasteiger partial charge on any atom is -0.258 e. The highest BCUT2D eigenvalue weighted by atomic mass is 32.1. The number of non-ortho nitro benzene ring substituents is 2. The maximum atomic E-state index is 15.4. The van der Waals surface area contributed by atoms with Crippen molar-refractivity contribution in [2.75, 3.05) is 0 Å². The first-order chi connectivity index (χ1) is 20.0. The first kappa shape index (κ1) is 30.4. The molecule has 0 aliphatic heterocycles. The topological polar surface area (TPSA) is 86.3 Å². The van der Waals surface area contributed by atoms with E-state index in [1.807, 2.05) is 0 Å². The molecule has 0 unspecified atom stereocenters. The number of halogens is 6. The number of nitrogens with zero attached hydrogens (tertiary/aromatic N) is 2. The number of nitro benzene ring substituents is 2. The molecule has 1 aliphatic rings. The van der Waals surface area contributed by atoms with Crippen LogP contribution in [0.5, 0.6) is 0 Å². The van der Waals surface area contributed by atoms with Gasteiger partial charge in [0.1, 0.15) is 0 Å². The first-order valence-electron chi connectivity index (χ1n) is 12.6. The highest BCUT2D eigenvalue weighted by Gasteiger charge is 2.80. The number of allylic oxidation sites excluding steroid dienone is 2. The van der Waals surface area contributed by atoms with E-state index in [0.717, 1.165) is 22.7 Å². The van der Waals surface area contributed by atoms with Gasteiger partial charge < -0.3 is 0 Å². The number of hydrogen-bond donors (Lipinski definition) is 0. The molecule has 0 saturated carbocycles. The monoisotopic (exact) mass is 638 g/mol. The van der Waals surface area contributed by atoms with Crippen molar-refractivity contribution in [1.29, 1.82) is 0 Å². The number of rotatable bonds is 8. The molecule has 224 valence electrons. The van der Waals surface area contributed by atoms with E-state index in [9.17, 15) is 29.0 Å². The maximum absolute atomic E-state index is 15.4. The van der Waals surface area contributed by atoms with Gasteiger partial charge in [0.2, 0.25) is 0 Å². The van der Waals surface area contributed by atoms with Crippen molar-refractivity contribution in [2.45, 2.75) is 44.5 Å². The van der Waals surface area contributed by atoms with Crippen LogP contribution in [0.25, 0.3) is 11.1 Å². The van der Waals surface area contributed by atoms with E-state index < -0.39 is 49.9 Å². The van der Waals surface area contributed by atoms with Crippen LogP contribution in [0.3, 0.4) is 0 Å². The summed E-state index contributed by atoms with van der Waals surface area (Å²) in [6, 6.07) is 13.3. The number of hydrogen-bond acceptors (Lipinski definition) is 6. The smallest absolute Gasteiger partial charge is 0.258 e. The summed E-state index contributed by atoms with van der Waals surface area (Å²) in [5.74, 6) is -16.1. The van der Waals surface area contributed by atoms with E-state index in [0.29, 0.717) is 20.9 Å². The van der Waals surface area contributed by atoms with Crippen molar-refractivity contribution in [2.24, 2.45) is 0 Å². The van der Waals surface area contributed by atoms with Crippen molar-refractivity contribution in [3.63, 3.8) is 0 Å². The molecule has 6 nitrogen and oxygen atoms in total. The predicted octanol–water partition coefficient (Wildman–Crippen LogP) is 9.25. The number of nitro groups is 2. The lowest BCUT2D eigenvalue weighted by Crippen LogP contribution is -2.48. The lowest BCUT2D eigenvalue weighted by molar-refractivity contribution is -0.385. The van der Waals surface area contributed by atoms with Crippen molar-refractivity contribution >= 4 is 45.2 Å². The van der Waals surface area contributed by atoms with Gasteiger partial charge in [0.25, 0.3) is 11.4 Å². The third-order valence-electron chi connectivity index (χ3n) is 7.19. The minimum absolute atomic E-state index is 0.112. The van der Waals surface area contributed by atoms with Gasteiger partial charge in [-0.2, -0.15) is 26.3 Å². The van der Waals surface area contributed by atoms with Gasteiger partial charge in [-0.25, -0.2) is 0 Å². The zero-order chi connectivity index (χ0) is 31.5. The van der Waals surface area contributed by atoms with Gasteiger partial charge in [-0.05, 0) is 48.2 Å². The number of benzene rings is 2. The Morgan fingerprint density at radius 2 is 0.953 bits per heavy atom. The van der Waals surface area contributed by atoms with Crippen LogP contribution in [0.4, 0.5) is 37.7 Å². The summed E-state index contributed by atoms with van der Waals surface area (Å²) in [7, 11) is 0. The summed E-state index contributed by atoms with van der Waals surface area (Å²) < 4.78 is 91.5. The molecule has 0 bridgehead atoms. The van der Waals surface area contributed by atoms with Crippen LogP contribution >= 0.6 is 22.7 Å². The SMILES string of the molecule is Cc1sc(Cc2ccc([N+](=O)[O-])cc2)cc1C1=C(c2cc(Cc3ccc([N+](=O)[O-])cc3)sc2C)C(F)(F)C(F)(F)C1(F)F. The van der Waals surface area contributed by atoms with Crippen molar-refractivity contribution in [3.8, 4) is 0 Å². The standard InChI is InChI=1S/C29H20F6N2O4S2/c1-15-23(13-21(42-15)11-17-3-7-19(8-4-17)36(38)39)25-26(28(32,33)29(34,35)27(25,30)31)24-14-22(43-16(24)2)12-18-5-9-20(10-6-18)37(40)41/h3-10,13-14H,11-12H2,1-2H3. The first-order valence-corrected chi connectivity index (χ1v) is 14.2. The molecule has 2 aromatic heterocycles. The second-order valence-electron chi connectivity index (χ2n) is 10.0. The Morgan fingerprint density at radius 1 is 0.628 bits per heavy atom. The molecule has 2 heterocycles. The number of aryl methyl sites for hydroxylation is 2. The fourth-order valence-corrected chi connectivity index (χ4v) is 7.22. The molecule has 43 heavy (non-hydrogen) atoms. The van der Waals surface area contributed by atoms with E-state index in [-0.39, 0.29) is 34.0 Å². The van der Waals surface area contributed by atoms with Crippen LogP contribution < -0.4 is 0 Å². The maximum Gasteiger partial charge on any atom is 0.380 e.